The van der Waals surface area contributed by atoms with Gasteiger partial charge in [0, 0.05) is 24.0 Å². The topological polar surface area (TPSA) is 86.5 Å². The van der Waals surface area contributed by atoms with Gasteiger partial charge in [-0.2, -0.15) is 5.26 Å². The maximum Gasteiger partial charge on any atom is 0.309 e. The molecule has 3 rings (SSSR count). The number of carbonyl (C=O) groups excluding carboxylic acids is 1. The number of carbonyl (C=O) groups is 1. The standard InChI is InChI=1S/C19H21N3O3S/c1-3-25-18(24)14-6-7-22(10-12(14)2)19-21-16(11-26-19)15-8-13(9-20)4-5-17(15)23/h4-5,8,11-12,14,23H,3,6-7,10H2,1-2H3. The SMILES string of the molecule is CCOC(=O)C1CCN(c2nc(-c3cc(C#N)ccc3O)cs2)CC1C. The van der Waals surface area contributed by atoms with E-state index in [9.17, 15) is 9.90 Å². The summed E-state index contributed by atoms with van der Waals surface area (Å²) < 4.78 is 5.17. The molecule has 2 atom stereocenters. The lowest BCUT2D eigenvalue weighted by molar-refractivity contribution is -0.150. The minimum Gasteiger partial charge on any atom is -0.507 e. The molecule has 1 N–H and O–H groups in total. The van der Waals surface area contributed by atoms with Gasteiger partial charge < -0.3 is 14.7 Å². The molecule has 1 aromatic heterocycles. The second-order valence-corrected chi connectivity index (χ2v) is 7.27. The van der Waals surface area contributed by atoms with E-state index < -0.39 is 0 Å². The van der Waals surface area contributed by atoms with Crippen molar-refractivity contribution in [2.75, 3.05) is 24.6 Å². The minimum atomic E-state index is -0.113. The van der Waals surface area contributed by atoms with Crippen LogP contribution in [0, 0.1) is 23.2 Å². The third-order valence-corrected chi connectivity index (χ3v) is 5.56. The molecule has 0 spiro atoms. The van der Waals surface area contributed by atoms with Gasteiger partial charge in [0.05, 0.1) is 29.9 Å². The van der Waals surface area contributed by atoms with E-state index in [0.29, 0.717) is 23.4 Å². The first-order chi connectivity index (χ1) is 12.5. The fourth-order valence-corrected chi connectivity index (χ4v) is 4.13. The zero-order chi connectivity index (χ0) is 18.7. The van der Waals surface area contributed by atoms with Crippen LogP contribution in [0.25, 0.3) is 11.3 Å². The van der Waals surface area contributed by atoms with Crippen LogP contribution in [-0.2, 0) is 9.53 Å². The Hall–Kier alpha value is -2.59. The molecule has 1 fully saturated rings. The number of hydrogen-bond acceptors (Lipinski definition) is 7. The Morgan fingerprint density at radius 1 is 1.54 bits per heavy atom. The molecule has 2 heterocycles. The van der Waals surface area contributed by atoms with E-state index >= 15 is 0 Å². The number of thiazole rings is 1. The Balaban J connectivity index is 1.75. The predicted octanol–water partition coefficient (Wildman–Crippen LogP) is 3.41. The Labute approximate surface area is 156 Å². The van der Waals surface area contributed by atoms with Gasteiger partial charge in [0.2, 0.25) is 0 Å². The van der Waals surface area contributed by atoms with Gasteiger partial charge in [-0.1, -0.05) is 6.92 Å². The van der Waals surface area contributed by atoms with Crippen LogP contribution < -0.4 is 4.90 Å². The molecule has 2 unspecified atom stereocenters. The maximum atomic E-state index is 12.0. The van der Waals surface area contributed by atoms with Crippen LogP contribution in [-0.4, -0.2) is 35.8 Å². The summed E-state index contributed by atoms with van der Waals surface area (Å²) in [6, 6.07) is 6.81. The first-order valence-corrected chi connectivity index (χ1v) is 9.52. The lowest BCUT2D eigenvalue weighted by Crippen LogP contribution is -2.42. The molecular formula is C19H21N3O3S. The Kier molecular flexibility index (Phi) is 5.43. The zero-order valence-electron chi connectivity index (χ0n) is 14.8. The van der Waals surface area contributed by atoms with E-state index in [1.54, 1.807) is 12.1 Å². The minimum absolute atomic E-state index is 0.0676. The van der Waals surface area contributed by atoms with E-state index in [0.717, 1.165) is 24.6 Å². The molecule has 0 aliphatic carbocycles. The van der Waals surface area contributed by atoms with Crippen LogP contribution in [0.3, 0.4) is 0 Å². The summed E-state index contributed by atoms with van der Waals surface area (Å²) in [5, 5.41) is 21.9. The highest BCUT2D eigenvalue weighted by atomic mass is 32.1. The van der Waals surface area contributed by atoms with Crippen LogP contribution in [0.1, 0.15) is 25.8 Å². The Bertz CT molecular complexity index is 843. The van der Waals surface area contributed by atoms with Gasteiger partial charge >= 0.3 is 5.97 Å². The van der Waals surface area contributed by atoms with Crippen LogP contribution in [0.4, 0.5) is 5.13 Å². The van der Waals surface area contributed by atoms with Crippen molar-refractivity contribution in [1.29, 1.82) is 5.26 Å². The summed E-state index contributed by atoms with van der Waals surface area (Å²) in [4.78, 5) is 18.8. The molecule has 26 heavy (non-hydrogen) atoms. The number of phenols is 1. The lowest BCUT2D eigenvalue weighted by atomic mass is 9.87. The summed E-state index contributed by atoms with van der Waals surface area (Å²) in [7, 11) is 0. The summed E-state index contributed by atoms with van der Waals surface area (Å²) in [5.41, 5.74) is 1.69. The van der Waals surface area contributed by atoms with Crippen molar-refractivity contribution >= 4 is 22.4 Å². The van der Waals surface area contributed by atoms with Gasteiger partial charge in [0.25, 0.3) is 0 Å². The molecule has 7 heteroatoms. The predicted molar refractivity (Wildman–Crippen MR) is 100 cm³/mol. The van der Waals surface area contributed by atoms with Gasteiger partial charge in [-0.3, -0.25) is 4.79 Å². The zero-order valence-corrected chi connectivity index (χ0v) is 15.6. The highest BCUT2D eigenvalue weighted by Crippen LogP contribution is 2.35. The molecule has 6 nitrogen and oxygen atoms in total. The van der Waals surface area contributed by atoms with Gasteiger partial charge in [-0.15, -0.1) is 11.3 Å². The number of nitriles is 1. The first kappa shape index (κ1) is 18.2. The smallest absolute Gasteiger partial charge is 0.309 e. The number of hydrogen-bond donors (Lipinski definition) is 1. The fourth-order valence-electron chi connectivity index (χ4n) is 3.26. The quantitative estimate of drug-likeness (QED) is 0.829. The highest BCUT2D eigenvalue weighted by molar-refractivity contribution is 7.14. The monoisotopic (exact) mass is 371 g/mol. The summed E-state index contributed by atoms with van der Waals surface area (Å²) in [6.07, 6.45) is 0.740. The van der Waals surface area contributed by atoms with Crippen molar-refractivity contribution < 1.29 is 14.6 Å². The number of anilines is 1. The van der Waals surface area contributed by atoms with Crippen LogP contribution in [0.5, 0.6) is 5.75 Å². The molecule has 1 aliphatic rings. The number of aromatic nitrogens is 1. The van der Waals surface area contributed by atoms with E-state index in [1.807, 2.05) is 12.3 Å². The second kappa shape index (κ2) is 7.75. The van der Waals surface area contributed by atoms with Crippen LogP contribution >= 0.6 is 11.3 Å². The van der Waals surface area contributed by atoms with E-state index in [4.69, 9.17) is 10.00 Å². The molecule has 2 aromatic rings. The fraction of sp³-hybridized carbons (Fsp3) is 0.421. The van der Waals surface area contributed by atoms with Gasteiger partial charge in [-0.05, 0) is 37.5 Å². The van der Waals surface area contributed by atoms with E-state index in [2.05, 4.69) is 22.9 Å². The number of esters is 1. The Morgan fingerprint density at radius 3 is 3.04 bits per heavy atom. The van der Waals surface area contributed by atoms with Crippen LogP contribution in [0.15, 0.2) is 23.6 Å². The van der Waals surface area contributed by atoms with Gasteiger partial charge in [0.15, 0.2) is 5.13 Å². The molecule has 0 bridgehead atoms. The van der Waals surface area contributed by atoms with Crippen molar-refractivity contribution in [2.45, 2.75) is 20.3 Å². The Morgan fingerprint density at radius 2 is 2.35 bits per heavy atom. The highest BCUT2D eigenvalue weighted by Gasteiger charge is 2.33. The number of aromatic hydroxyl groups is 1. The van der Waals surface area contributed by atoms with Crippen molar-refractivity contribution in [2.24, 2.45) is 11.8 Å². The third-order valence-electron chi connectivity index (χ3n) is 4.66. The lowest BCUT2D eigenvalue weighted by Gasteiger charge is -2.35. The summed E-state index contributed by atoms with van der Waals surface area (Å²) in [5.74, 6) is 0.111. The van der Waals surface area contributed by atoms with Crippen molar-refractivity contribution in [3.63, 3.8) is 0 Å². The molecule has 136 valence electrons. The van der Waals surface area contributed by atoms with Crippen molar-refractivity contribution in [1.82, 2.24) is 4.98 Å². The summed E-state index contributed by atoms with van der Waals surface area (Å²) in [6.45, 7) is 5.77. The van der Waals surface area contributed by atoms with E-state index in [1.165, 1.54) is 17.4 Å². The molecule has 0 saturated carbocycles. The third kappa shape index (κ3) is 3.65. The average Bonchev–Trinajstić information content (AvgIpc) is 3.12. The first-order valence-electron chi connectivity index (χ1n) is 8.64. The average molecular weight is 371 g/mol. The molecule has 0 radical (unpaired) electrons. The number of piperidine rings is 1. The number of rotatable bonds is 4. The number of ether oxygens (including phenoxy) is 1. The maximum absolute atomic E-state index is 12.0. The number of benzene rings is 1. The van der Waals surface area contributed by atoms with Gasteiger partial charge in [-0.25, -0.2) is 4.98 Å². The number of nitrogens with zero attached hydrogens (tertiary/aromatic N) is 3. The second-order valence-electron chi connectivity index (χ2n) is 6.43. The van der Waals surface area contributed by atoms with Crippen molar-refractivity contribution in [3.05, 3.63) is 29.1 Å². The van der Waals surface area contributed by atoms with E-state index in [-0.39, 0.29) is 23.6 Å². The summed E-state index contributed by atoms with van der Waals surface area (Å²) >= 11 is 1.50. The molecule has 0 amide bonds. The molecule has 1 aliphatic heterocycles. The van der Waals surface area contributed by atoms with Crippen LogP contribution in [0.2, 0.25) is 0 Å². The van der Waals surface area contributed by atoms with Crippen molar-refractivity contribution in [3.8, 4) is 23.1 Å². The molecule has 1 saturated heterocycles. The van der Waals surface area contributed by atoms with Gasteiger partial charge in [0.1, 0.15) is 5.75 Å². The number of phenolic OH excluding ortho intramolecular Hbond substituents is 1. The molecular weight excluding hydrogens is 350 g/mol. The normalized spacial score (nSPS) is 19.8. The molecule has 1 aromatic carbocycles. The largest absolute Gasteiger partial charge is 0.507 e.